The van der Waals surface area contributed by atoms with Crippen molar-refractivity contribution in [2.45, 2.75) is 25.5 Å². The minimum Gasteiger partial charge on any atom is -0.474 e. The average molecular weight is 333 g/mol. The predicted molar refractivity (Wildman–Crippen MR) is 96.3 cm³/mol. The summed E-state index contributed by atoms with van der Waals surface area (Å²) in [5, 5.41) is 1.18. The first-order valence-corrected chi connectivity index (χ1v) is 8.74. The summed E-state index contributed by atoms with van der Waals surface area (Å²) >= 11 is 0. The van der Waals surface area contributed by atoms with E-state index in [0.29, 0.717) is 12.4 Å². The SMILES string of the molecule is c1cc(C2=NCc3ccnc(OC4CCOCC4)c32)c2cc[nH]c2c1. The van der Waals surface area contributed by atoms with E-state index >= 15 is 0 Å². The van der Waals surface area contributed by atoms with Crippen molar-refractivity contribution in [1.29, 1.82) is 0 Å². The number of ether oxygens (including phenoxy) is 2. The Morgan fingerprint density at radius 1 is 1.12 bits per heavy atom. The van der Waals surface area contributed by atoms with E-state index in [-0.39, 0.29) is 6.10 Å². The Morgan fingerprint density at radius 3 is 2.96 bits per heavy atom. The van der Waals surface area contributed by atoms with Gasteiger partial charge in [0, 0.05) is 41.7 Å². The number of nitrogens with one attached hydrogen (secondary N) is 1. The van der Waals surface area contributed by atoms with Gasteiger partial charge >= 0.3 is 0 Å². The van der Waals surface area contributed by atoms with Gasteiger partial charge in [0.2, 0.25) is 5.88 Å². The van der Waals surface area contributed by atoms with Gasteiger partial charge in [-0.1, -0.05) is 12.1 Å². The van der Waals surface area contributed by atoms with Gasteiger partial charge in [-0.2, -0.15) is 0 Å². The number of fused-ring (bicyclic) bond motifs is 2. The van der Waals surface area contributed by atoms with Crippen molar-refractivity contribution in [2.24, 2.45) is 4.99 Å². The first kappa shape index (κ1) is 14.7. The van der Waals surface area contributed by atoms with Gasteiger partial charge in [-0.15, -0.1) is 0 Å². The third kappa shape index (κ3) is 2.51. The number of hydrogen-bond donors (Lipinski definition) is 1. The van der Waals surface area contributed by atoms with Crippen LogP contribution in [0, 0.1) is 0 Å². The van der Waals surface area contributed by atoms with Crippen molar-refractivity contribution >= 4 is 16.6 Å². The van der Waals surface area contributed by atoms with Crippen molar-refractivity contribution in [3.8, 4) is 5.88 Å². The molecule has 3 aromatic rings. The molecule has 126 valence electrons. The first-order valence-electron chi connectivity index (χ1n) is 8.74. The summed E-state index contributed by atoms with van der Waals surface area (Å²) in [7, 11) is 0. The lowest BCUT2D eigenvalue weighted by Crippen LogP contribution is -2.27. The van der Waals surface area contributed by atoms with Crippen LogP contribution in [-0.2, 0) is 11.3 Å². The molecular formula is C20H19N3O2. The third-order valence-corrected chi connectivity index (χ3v) is 4.94. The smallest absolute Gasteiger partial charge is 0.223 e. The van der Waals surface area contributed by atoms with E-state index in [1.807, 2.05) is 18.5 Å². The molecular weight excluding hydrogens is 314 g/mol. The number of aromatic amines is 1. The van der Waals surface area contributed by atoms with Gasteiger partial charge in [-0.25, -0.2) is 4.98 Å². The Labute approximate surface area is 145 Å². The summed E-state index contributed by atoms with van der Waals surface area (Å²) in [6.45, 7) is 2.19. The Hall–Kier alpha value is -2.66. The highest BCUT2D eigenvalue weighted by Gasteiger charge is 2.26. The molecule has 4 heterocycles. The zero-order chi connectivity index (χ0) is 16.6. The summed E-state index contributed by atoms with van der Waals surface area (Å²) in [4.78, 5) is 12.6. The molecule has 0 spiro atoms. The minimum atomic E-state index is 0.164. The number of aliphatic imine (C=N–C) groups is 1. The van der Waals surface area contributed by atoms with Gasteiger partial charge in [0.15, 0.2) is 0 Å². The molecule has 0 atom stereocenters. The van der Waals surface area contributed by atoms with Gasteiger partial charge in [-0.3, -0.25) is 4.99 Å². The number of nitrogens with zero attached hydrogens (tertiary/aromatic N) is 2. The van der Waals surface area contributed by atoms with Crippen LogP contribution in [0.2, 0.25) is 0 Å². The number of pyridine rings is 1. The number of aromatic nitrogens is 2. The zero-order valence-corrected chi connectivity index (χ0v) is 13.9. The van der Waals surface area contributed by atoms with Crippen LogP contribution in [0.3, 0.4) is 0 Å². The molecule has 2 aromatic heterocycles. The monoisotopic (exact) mass is 333 g/mol. The van der Waals surface area contributed by atoms with E-state index in [2.05, 4.69) is 34.2 Å². The molecule has 1 aromatic carbocycles. The average Bonchev–Trinajstić information content (AvgIpc) is 3.30. The molecule has 2 aliphatic rings. The Balaban J connectivity index is 1.57. The first-order chi connectivity index (χ1) is 12.4. The molecule has 5 nitrogen and oxygen atoms in total. The van der Waals surface area contributed by atoms with Crippen LogP contribution in [0.4, 0.5) is 0 Å². The quantitative estimate of drug-likeness (QED) is 0.798. The van der Waals surface area contributed by atoms with E-state index in [1.165, 1.54) is 10.9 Å². The lowest BCUT2D eigenvalue weighted by molar-refractivity contribution is 0.0236. The molecule has 1 N–H and O–H groups in total. The maximum absolute atomic E-state index is 6.26. The van der Waals surface area contributed by atoms with Crippen molar-refractivity contribution in [2.75, 3.05) is 13.2 Å². The van der Waals surface area contributed by atoms with Crippen molar-refractivity contribution in [1.82, 2.24) is 9.97 Å². The summed E-state index contributed by atoms with van der Waals surface area (Å²) in [5.74, 6) is 0.702. The topological polar surface area (TPSA) is 59.5 Å². The lowest BCUT2D eigenvalue weighted by atomic mass is 9.98. The van der Waals surface area contributed by atoms with E-state index < -0.39 is 0 Å². The fourth-order valence-electron chi connectivity index (χ4n) is 3.66. The maximum Gasteiger partial charge on any atom is 0.223 e. The molecule has 0 radical (unpaired) electrons. The Kier molecular flexibility index (Phi) is 3.52. The van der Waals surface area contributed by atoms with E-state index in [1.54, 1.807) is 0 Å². The molecule has 25 heavy (non-hydrogen) atoms. The van der Waals surface area contributed by atoms with E-state index in [4.69, 9.17) is 14.5 Å². The van der Waals surface area contributed by atoms with Crippen molar-refractivity contribution in [3.05, 3.63) is 59.4 Å². The van der Waals surface area contributed by atoms with Gasteiger partial charge < -0.3 is 14.5 Å². The fourth-order valence-corrected chi connectivity index (χ4v) is 3.66. The molecule has 5 rings (SSSR count). The summed E-state index contributed by atoms with van der Waals surface area (Å²) in [5.41, 5.74) is 5.45. The number of H-pyrrole nitrogens is 1. The molecule has 0 saturated carbocycles. The highest BCUT2D eigenvalue weighted by atomic mass is 16.5. The zero-order valence-electron chi connectivity index (χ0n) is 13.9. The second-order valence-electron chi connectivity index (χ2n) is 6.49. The molecule has 1 saturated heterocycles. The molecule has 5 heteroatoms. The van der Waals surface area contributed by atoms with Crippen molar-refractivity contribution < 1.29 is 9.47 Å². The van der Waals surface area contributed by atoms with Gasteiger partial charge in [0.25, 0.3) is 0 Å². The number of rotatable bonds is 3. The highest BCUT2D eigenvalue weighted by molar-refractivity contribution is 6.21. The number of hydrogen-bond acceptors (Lipinski definition) is 4. The van der Waals surface area contributed by atoms with Crippen LogP contribution < -0.4 is 4.74 Å². The van der Waals surface area contributed by atoms with Gasteiger partial charge in [0.05, 0.1) is 31.0 Å². The second-order valence-corrected chi connectivity index (χ2v) is 6.49. The van der Waals surface area contributed by atoms with Crippen LogP contribution in [-0.4, -0.2) is 35.0 Å². The van der Waals surface area contributed by atoms with Crippen molar-refractivity contribution in [3.63, 3.8) is 0 Å². The molecule has 0 bridgehead atoms. The van der Waals surface area contributed by atoms with Crippen LogP contribution in [0.1, 0.15) is 29.5 Å². The van der Waals surface area contributed by atoms with E-state index in [9.17, 15) is 0 Å². The predicted octanol–water partition coefficient (Wildman–Crippen LogP) is 3.47. The molecule has 1 fully saturated rings. The normalized spacial score (nSPS) is 17.5. The Morgan fingerprint density at radius 2 is 2.04 bits per heavy atom. The standard InChI is InChI=1S/C20H19N3O2/c1-2-16(15-5-9-21-17(15)3-1)19-18-13(12-23-19)4-8-22-20(18)25-14-6-10-24-11-7-14/h1-5,8-9,14,21H,6-7,10-12H2. The lowest BCUT2D eigenvalue weighted by Gasteiger charge is -2.24. The summed E-state index contributed by atoms with van der Waals surface area (Å²) < 4.78 is 11.7. The van der Waals surface area contributed by atoms with Crippen LogP contribution in [0.15, 0.2) is 47.7 Å². The van der Waals surface area contributed by atoms with Crippen LogP contribution in [0.5, 0.6) is 5.88 Å². The molecule has 0 aliphatic carbocycles. The van der Waals surface area contributed by atoms with Gasteiger partial charge in [0.1, 0.15) is 6.10 Å². The van der Waals surface area contributed by atoms with Gasteiger partial charge in [-0.05, 0) is 23.8 Å². The maximum atomic E-state index is 6.26. The Bertz CT molecular complexity index is 954. The van der Waals surface area contributed by atoms with Crippen LogP contribution in [0.25, 0.3) is 10.9 Å². The second kappa shape index (κ2) is 6.01. The number of benzene rings is 1. The molecule has 2 aliphatic heterocycles. The summed E-state index contributed by atoms with van der Waals surface area (Å²) in [6, 6.07) is 10.4. The summed E-state index contributed by atoms with van der Waals surface area (Å²) in [6.07, 6.45) is 5.77. The fraction of sp³-hybridized carbons (Fsp3) is 0.300. The molecule has 0 amide bonds. The minimum absolute atomic E-state index is 0.164. The van der Waals surface area contributed by atoms with Crippen LogP contribution >= 0.6 is 0 Å². The highest BCUT2D eigenvalue weighted by Crippen LogP contribution is 2.33. The molecule has 0 unspecified atom stereocenters. The third-order valence-electron chi connectivity index (χ3n) is 4.94. The largest absolute Gasteiger partial charge is 0.474 e. The van der Waals surface area contributed by atoms with E-state index in [0.717, 1.165) is 48.4 Å².